The van der Waals surface area contributed by atoms with E-state index in [1.165, 1.54) is 11.3 Å². The molecule has 0 spiro atoms. The lowest BCUT2D eigenvalue weighted by Crippen LogP contribution is -2.30. The first kappa shape index (κ1) is 17.6. The fourth-order valence-corrected chi connectivity index (χ4v) is 3.62. The number of nitrogens with zero attached hydrogens (tertiary/aromatic N) is 2. The zero-order valence-electron chi connectivity index (χ0n) is 12.8. The Morgan fingerprint density at radius 1 is 1.43 bits per heavy atom. The van der Waals surface area contributed by atoms with E-state index < -0.39 is 27.3 Å². The van der Waals surface area contributed by atoms with Crippen LogP contribution in [0.4, 0.5) is 0 Å². The maximum absolute atomic E-state index is 12.0. The molecule has 0 atom stereocenters. The molecule has 0 aliphatic rings. The highest BCUT2D eigenvalue weighted by Gasteiger charge is 2.21. The van der Waals surface area contributed by atoms with Crippen LogP contribution < -0.4 is 5.32 Å². The number of aryl methyl sites for hydroxylation is 1. The van der Waals surface area contributed by atoms with E-state index in [1.54, 1.807) is 0 Å². The van der Waals surface area contributed by atoms with E-state index >= 15 is 0 Å². The Morgan fingerprint density at radius 3 is 2.96 bits per heavy atom. The summed E-state index contributed by atoms with van der Waals surface area (Å²) in [5, 5.41) is 8.22. The van der Waals surface area contributed by atoms with Gasteiger partial charge >= 0.3 is 0 Å². The SMILES string of the molecule is CCCCc1noc(CS(=O)(=O)CC(=O)NCc2cccs2)n1. The van der Waals surface area contributed by atoms with E-state index in [0.29, 0.717) is 18.8 Å². The van der Waals surface area contributed by atoms with Crippen molar-refractivity contribution in [1.82, 2.24) is 15.5 Å². The second-order valence-corrected chi connectivity index (χ2v) is 8.19. The van der Waals surface area contributed by atoms with E-state index in [9.17, 15) is 13.2 Å². The molecule has 23 heavy (non-hydrogen) atoms. The van der Waals surface area contributed by atoms with Gasteiger partial charge in [-0.25, -0.2) is 8.42 Å². The third kappa shape index (κ3) is 6.11. The highest BCUT2D eigenvalue weighted by molar-refractivity contribution is 7.91. The highest BCUT2D eigenvalue weighted by Crippen LogP contribution is 2.09. The third-order valence-corrected chi connectivity index (χ3v) is 5.26. The number of amides is 1. The number of rotatable bonds is 9. The summed E-state index contributed by atoms with van der Waals surface area (Å²) in [6, 6.07) is 3.74. The van der Waals surface area contributed by atoms with Crippen LogP contribution in [0.3, 0.4) is 0 Å². The number of carbonyl (C=O) groups excluding carboxylic acids is 1. The van der Waals surface area contributed by atoms with Crippen molar-refractivity contribution in [1.29, 1.82) is 0 Å². The molecular weight excluding hydrogens is 338 g/mol. The summed E-state index contributed by atoms with van der Waals surface area (Å²) in [4.78, 5) is 16.7. The summed E-state index contributed by atoms with van der Waals surface area (Å²) in [5.74, 6) is -1.02. The normalized spacial score (nSPS) is 11.5. The molecule has 2 rings (SSSR count). The Hall–Kier alpha value is -1.74. The minimum absolute atomic E-state index is 0.0298. The molecule has 2 aromatic heterocycles. The monoisotopic (exact) mass is 357 g/mol. The summed E-state index contributed by atoms with van der Waals surface area (Å²) >= 11 is 1.50. The third-order valence-electron chi connectivity index (χ3n) is 3.00. The zero-order chi connectivity index (χ0) is 16.7. The number of hydrogen-bond acceptors (Lipinski definition) is 7. The zero-order valence-corrected chi connectivity index (χ0v) is 14.5. The fourth-order valence-electron chi connectivity index (χ4n) is 1.87. The van der Waals surface area contributed by atoms with Gasteiger partial charge in [0.25, 0.3) is 0 Å². The Bertz CT molecular complexity index is 723. The van der Waals surface area contributed by atoms with Crippen LogP contribution in [0.15, 0.2) is 22.0 Å². The van der Waals surface area contributed by atoms with Crippen molar-refractivity contribution in [3.63, 3.8) is 0 Å². The number of aromatic nitrogens is 2. The van der Waals surface area contributed by atoms with Gasteiger partial charge in [-0.2, -0.15) is 4.98 Å². The number of hydrogen-bond donors (Lipinski definition) is 1. The molecule has 0 aliphatic carbocycles. The quantitative estimate of drug-likeness (QED) is 0.733. The molecule has 0 fully saturated rings. The van der Waals surface area contributed by atoms with Crippen LogP contribution in [0.2, 0.25) is 0 Å². The minimum Gasteiger partial charge on any atom is -0.350 e. The Balaban J connectivity index is 1.83. The maximum atomic E-state index is 12.0. The lowest BCUT2D eigenvalue weighted by Gasteiger charge is -2.03. The van der Waals surface area contributed by atoms with Gasteiger partial charge < -0.3 is 9.84 Å². The van der Waals surface area contributed by atoms with Crippen LogP contribution in [0, 0.1) is 0 Å². The summed E-state index contributed by atoms with van der Waals surface area (Å²) in [5.41, 5.74) is 0. The summed E-state index contributed by atoms with van der Waals surface area (Å²) < 4.78 is 28.9. The Morgan fingerprint density at radius 2 is 2.26 bits per heavy atom. The van der Waals surface area contributed by atoms with Crippen molar-refractivity contribution in [3.05, 3.63) is 34.1 Å². The molecule has 0 radical (unpaired) electrons. The van der Waals surface area contributed by atoms with E-state index in [-0.39, 0.29) is 5.89 Å². The van der Waals surface area contributed by atoms with Crippen molar-refractivity contribution in [2.75, 3.05) is 5.75 Å². The number of nitrogens with one attached hydrogen (secondary N) is 1. The van der Waals surface area contributed by atoms with Gasteiger partial charge in [0.15, 0.2) is 15.7 Å². The molecule has 9 heteroatoms. The van der Waals surface area contributed by atoms with Gasteiger partial charge in [0, 0.05) is 11.3 Å². The lowest BCUT2D eigenvalue weighted by molar-refractivity contribution is -0.118. The molecule has 0 aromatic carbocycles. The van der Waals surface area contributed by atoms with E-state index in [4.69, 9.17) is 4.52 Å². The molecule has 126 valence electrons. The van der Waals surface area contributed by atoms with E-state index in [0.717, 1.165) is 17.7 Å². The highest BCUT2D eigenvalue weighted by atomic mass is 32.2. The van der Waals surface area contributed by atoms with Gasteiger partial charge in [-0.05, 0) is 17.9 Å². The van der Waals surface area contributed by atoms with Crippen LogP contribution in [-0.4, -0.2) is 30.2 Å². The van der Waals surface area contributed by atoms with Gasteiger partial charge in [0.2, 0.25) is 11.8 Å². The second kappa shape index (κ2) is 8.21. The van der Waals surface area contributed by atoms with Crippen LogP contribution in [0.1, 0.15) is 36.4 Å². The van der Waals surface area contributed by atoms with Gasteiger partial charge in [-0.3, -0.25) is 4.79 Å². The average Bonchev–Trinajstić information content (AvgIpc) is 3.13. The van der Waals surface area contributed by atoms with E-state index in [1.807, 2.05) is 24.4 Å². The van der Waals surface area contributed by atoms with Crippen molar-refractivity contribution < 1.29 is 17.7 Å². The minimum atomic E-state index is -3.64. The summed E-state index contributed by atoms with van der Waals surface area (Å²) in [6.07, 6.45) is 2.56. The lowest BCUT2D eigenvalue weighted by atomic mass is 10.2. The molecule has 0 saturated carbocycles. The molecular formula is C14H19N3O4S2. The van der Waals surface area contributed by atoms with Crippen LogP contribution in [0.5, 0.6) is 0 Å². The number of unbranched alkanes of at least 4 members (excludes halogenated alkanes) is 1. The first-order chi connectivity index (χ1) is 11.0. The predicted octanol–water partition coefficient (Wildman–Crippen LogP) is 1.70. The molecule has 7 nitrogen and oxygen atoms in total. The van der Waals surface area contributed by atoms with Crippen LogP contribution in [0.25, 0.3) is 0 Å². The van der Waals surface area contributed by atoms with Crippen molar-refractivity contribution in [2.45, 2.75) is 38.5 Å². The first-order valence-electron chi connectivity index (χ1n) is 7.29. The van der Waals surface area contributed by atoms with Crippen molar-refractivity contribution >= 4 is 27.1 Å². The fraction of sp³-hybridized carbons (Fsp3) is 0.500. The molecule has 0 aliphatic heterocycles. The van der Waals surface area contributed by atoms with Gasteiger partial charge in [-0.15, -0.1) is 11.3 Å². The second-order valence-electron chi connectivity index (χ2n) is 5.10. The molecule has 1 amide bonds. The molecule has 0 unspecified atom stereocenters. The number of sulfone groups is 1. The summed E-state index contributed by atoms with van der Waals surface area (Å²) in [7, 11) is -3.64. The standard InChI is InChI=1S/C14H19N3O4S2/c1-2-3-6-12-16-14(21-17-12)10-23(19,20)9-13(18)15-8-11-5-4-7-22-11/h4-5,7H,2-3,6,8-10H2,1H3,(H,15,18). The Labute approximate surface area is 139 Å². The van der Waals surface area contributed by atoms with Crippen molar-refractivity contribution in [2.24, 2.45) is 0 Å². The smallest absolute Gasteiger partial charge is 0.241 e. The van der Waals surface area contributed by atoms with Crippen molar-refractivity contribution in [3.8, 4) is 0 Å². The molecule has 2 aromatic rings. The van der Waals surface area contributed by atoms with E-state index in [2.05, 4.69) is 15.5 Å². The molecule has 0 bridgehead atoms. The molecule has 2 heterocycles. The summed E-state index contributed by atoms with van der Waals surface area (Å²) in [6.45, 7) is 2.37. The Kier molecular flexibility index (Phi) is 6.28. The van der Waals surface area contributed by atoms with Crippen LogP contribution >= 0.6 is 11.3 Å². The molecule has 0 saturated heterocycles. The number of thiophene rings is 1. The largest absolute Gasteiger partial charge is 0.350 e. The maximum Gasteiger partial charge on any atom is 0.241 e. The first-order valence-corrected chi connectivity index (χ1v) is 9.99. The topological polar surface area (TPSA) is 102 Å². The number of carbonyl (C=O) groups is 1. The van der Waals surface area contributed by atoms with Gasteiger partial charge in [0.05, 0.1) is 6.54 Å². The van der Waals surface area contributed by atoms with Crippen LogP contribution in [-0.2, 0) is 33.4 Å². The van der Waals surface area contributed by atoms with Gasteiger partial charge in [-0.1, -0.05) is 24.6 Å². The predicted molar refractivity (Wildman–Crippen MR) is 86.6 cm³/mol. The van der Waals surface area contributed by atoms with Gasteiger partial charge in [0.1, 0.15) is 11.5 Å². The average molecular weight is 357 g/mol. The molecule has 1 N–H and O–H groups in total.